The molecule has 30 heavy (non-hydrogen) atoms. The van der Waals surface area contributed by atoms with E-state index in [9.17, 15) is 5.11 Å². The fourth-order valence-electron chi connectivity index (χ4n) is 4.62. The molecule has 1 fully saturated rings. The first-order chi connectivity index (χ1) is 13.4. The third-order valence-corrected chi connectivity index (χ3v) is 21.3. The molecule has 0 aliphatic heterocycles. The Morgan fingerprint density at radius 2 is 1.30 bits per heavy atom. The molecule has 0 aromatic heterocycles. The molecule has 1 aliphatic rings. The smallest absolute Gasteiger partial charge is 0.166 e. The van der Waals surface area contributed by atoms with Crippen LogP contribution in [-0.4, -0.2) is 27.0 Å². The van der Waals surface area contributed by atoms with Crippen molar-refractivity contribution in [3.63, 3.8) is 0 Å². The summed E-state index contributed by atoms with van der Waals surface area (Å²) in [7, 11) is -3.52. The van der Waals surface area contributed by atoms with Gasteiger partial charge in [0.2, 0.25) is 0 Å². The van der Waals surface area contributed by atoms with E-state index in [1.807, 2.05) is 18.2 Å². The molecular formula is C26H46O2Si2. The molecule has 0 heterocycles. The summed E-state index contributed by atoms with van der Waals surface area (Å²) in [5.74, 6) is -1.09. The van der Waals surface area contributed by atoms with Gasteiger partial charge in [-0.05, 0) is 26.7 Å². The first kappa shape index (κ1) is 25.6. The van der Waals surface area contributed by atoms with Crippen LogP contribution >= 0.6 is 0 Å². The molecule has 0 radical (unpaired) electrons. The van der Waals surface area contributed by atoms with Crippen molar-refractivity contribution in [2.24, 2.45) is 0 Å². The number of ether oxygens (including phenoxy) is 1. The van der Waals surface area contributed by atoms with Gasteiger partial charge >= 0.3 is 0 Å². The number of aliphatic hydroxyl groups is 1. The molecule has 1 aliphatic carbocycles. The van der Waals surface area contributed by atoms with Gasteiger partial charge < -0.3 is 9.84 Å². The maximum atomic E-state index is 11.8. The van der Waals surface area contributed by atoms with Crippen molar-refractivity contribution in [2.75, 3.05) is 0 Å². The van der Waals surface area contributed by atoms with Crippen molar-refractivity contribution in [3.05, 3.63) is 48.0 Å². The zero-order valence-corrected chi connectivity index (χ0v) is 23.2. The lowest BCUT2D eigenvalue weighted by molar-refractivity contribution is -0.223. The van der Waals surface area contributed by atoms with E-state index in [2.05, 4.69) is 79.9 Å². The summed E-state index contributed by atoms with van der Waals surface area (Å²) in [5.41, 5.74) is 3.22. The highest BCUT2D eigenvalue weighted by Crippen LogP contribution is 2.61. The van der Waals surface area contributed by atoms with Crippen LogP contribution in [0.4, 0.5) is 0 Å². The normalized spacial score (nSPS) is 26.7. The molecule has 0 unspecified atom stereocenters. The Morgan fingerprint density at radius 1 is 0.900 bits per heavy atom. The van der Waals surface area contributed by atoms with Gasteiger partial charge in [0.25, 0.3) is 0 Å². The van der Waals surface area contributed by atoms with Gasteiger partial charge in [0.1, 0.15) is 0 Å². The van der Waals surface area contributed by atoms with Crippen molar-refractivity contribution in [2.45, 2.75) is 114 Å². The molecule has 170 valence electrons. The highest BCUT2D eigenvalue weighted by molar-refractivity contribution is 6.84. The maximum absolute atomic E-state index is 11.8. The number of hydrogen-bond donors (Lipinski definition) is 1. The van der Waals surface area contributed by atoms with Crippen molar-refractivity contribution in [1.29, 1.82) is 0 Å². The summed E-state index contributed by atoms with van der Waals surface area (Å²) < 4.78 is 6.34. The van der Waals surface area contributed by atoms with Crippen molar-refractivity contribution < 1.29 is 9.84 Å². The average molecular weight is 447 g/mol. The molecule has 2 atom stereocenters. The molecule has 0 saturated heterocycles. The summed E-state index contributed by atoms with van der Waals surface area (Å²) >= 11 is 0. The fourth-order valence-corrected chi connectivity index (χ4v) is 10.8. The van der Waals surface area contributed by atoms with Crippen LogP contribution in [0.25, 0.3) is 0 Å². The van der Waals surface area contributed by atoms with Gasteiger partial charge in [-0.3, -0.25) is 0 Å². The van der Waals surface area contributed by atoms with Gasteiger partial charge in [-0.15, -0.1) is 0 Å². The van der Waals surface area contributed by atoms with Crippen LogP contribution in [0.1, 0.15) is 59.9 Å². The summed E-state index contributed by atoms with van der Waals surface area (Å²) in [5, 5.41) is 12.3. The molecule has 1 saturated carbocycles. The summed E-state index contributed by atoms with van der Waals surface area (Å²) in [6.45, 7) is 29.3. The van der Waals surface area contributed by atoms with E-state index in [-0.39, 0.29) is 10.1 Å². The molecular weight excluding hydrogens is 400 g/mol. The molecule has 2 nitrogen and oxygen atoms in total. The minimum Gasteiger partial charge on any atom is -0.365 e. The molecule has 1 N–H and O–H groups in total. The van der Waals surface area contributed by atoms with Crippen molar-refractivity contribution in [3.8, 4) is 0 Å². The Morgan fingerprint density at radius 3 is 1.67 bits per heavy atom. The van der Waals surface area contributed by atoms with Gasteiger partial charge in [0.15, 0.2) is 5.79 Å². The number of allylic oxidation sites excluding steroid dienone is 1. The SMILES string of the molecule is C=C1[C@H]([Si](C)(C)C(C)(C)C)CC(O)(OCc2ccccc2)C[C@H]1[Si](C)(C)C(C)(C)C. The predicted molar refractivity (Wildman–Crippen MR) is 136 cm³/mol. The summed E-state index contributed by atoms with van der Waals surface area (Å²) in [6.07, 6.45) is 1.36. The van der Waals surface area contributed by atoms with Crippen LogP contribution in [0.5, 0.6) is 0 Å². The van der Waals surface area contributed by atoms with E-state index in [1.165, 1.54) is 5.57 Å². The van der Waals surface area contributed by atoms with Gasteiger partial charge in [-0.1, -0.05) is 110 Å². The monoisotopic (exact) mass is 446 g/mol. The average Bonchev–Trinajstić information content (AvgIpc) is 2.61. The van der Waals surface area contributed by atoms with E-state index in [0.29, 0.717) is 30.5 Å². The van der Waals surface area contributed by atoms with Crippen molar-refractivity contribution in [1.82, 2.24) is 0 Å². The fraction of sp³-hybridized carbons (Fsp3) is 0.692. The van der Waals surface area contributed by atoms with Crippen LogP contribution in [0.2, 0.25) is 47.3 Å². The number of hydrogen-bond acceptors (Lipinski definition) is 2. The minimum absolute atomic E-state index is 0.232. The zero-order chi connectivity index (χ0) is 23.2. The predicted octanol–water partition coefficient (Wildman–Crippen LogP) is 8.00. The second-order valence-corrected chi connectivity index (χ2v) is 24.0. The Kier molecular flexibility index (Phi) is 7.11. The van der Waals surface area contributed by atoms with Crippen molar-refractivity contribution >= 4 is 16.1 Å². The van der Waals surface area contributed by atoms with Gasteiger partial charge in [-0.2, -0.15) is 0 Å². The third kappa shape index (κ3) is 5.03. The summed E-state index contributed by atoms with van der Waals surface area (Å²) in [4.78, 5) is 0. The van der Waals surface area contributed by atoms with E-state index >= 15 is 0 Å². The first-order valence-electron chi connectivity index (χ1n) is 11.5. The van der Waals surface area contributed by atoms with Gasteiger partial charge in [-0.25, -0.2) is 0 Å². The highest BCUT2D eigenvalue weighted by atomic mass is 28.3. The second-order valence-electron chi connectivity index (χ2n) is 12.8. The Labute approximate surface area is 188 Å². The molecule has 0 bridgehead atoms. The zero-order valence-electron chi connectivity index (χ0n) is 21.2. The number of rotatable bonds is 5. The standard InChI is InChI=1S/C26H46O2Si2/c1-20-22(29(8,9)24(2,3)4)17-26(27,28-19-21-15-13-12-14-16-21)18-23(20)30(10,11)25(5,6)7/h12-16,22-23,27H,1,17-19H2,2-11H3/t22-,23-/m1/s1. The topological polar surface area (TPSA) is 29.5 Å². The van der Waals surface area contributed by atoms with Crippen LogP contribution in [0, 0.1) is 0 Å². The Bertz CT molecular complexity index is 701. The minimum atomic E-state index is -1.76. The van der Waals surface area contributed by atoms with E-state index in [1.54, 1.807) is 0 Å². The second kappa shape index (κ2) is 8.34. The first-order valence-corrected chi connectivity index (χ1v) is 17.7. The highest BCUT2D eigenvalue weighted by Gasteiger charge is 2.56. The molecule has 0 spiro atoms. The molecule has 1 aromatic carbocycles. The summed E-state index contributed by atoms with van der Waals surface area (Å²) in [6, 6.07) is 10.2. The van der Waals surface area contributed by atoms with Gasteiger partial charge in [0.05, 0.1) is 22.8 Å². The molecule has 2 rings (SSSR count). The third-order valence-electron chi connectivity index (χ3n) is 8.90. The van der Waals surface area contributed by atoms with Gasteiger partial charge in [0, 0.05) is 12.8 Å². The maximum Gasteiger partial charge on any atom is 0.166 e. The van der Waals surface area contributed by atoms with E-state index in [4.69, 9.17) is 11.3 Å². The lowest BCUT2D eigenvalue weighted by Crippen LogP contribution is -2.55. The molecule has 0 amide bonds. The molecule has 1 aromatic rings. The van der Waals surface area contributed by atoms with Crippen LogP contribution in [-0.2, 0) is 11.3 Å². The quantitative estimate of drug-likeness (QED) is 0.282. The number of benzene rings is 1. The Balaban J connectivity index is 2.45. The van der Waals surface area contributed by atoms with E-state index < -0.39 is 21.9 Å². The van der Waals surface area contributed by atoms with Crippen LogP contribution < -0.4 is 0 Å². The lowest BCUT2D eigenvalue weighted by atomic mass is 9.89. The Hall–Kier alpha value is -0.686. The van der Waals surface area contributed by atoms with Crippen LogP contribution in [0.15, 0.2) is 42.5 Å². The van der Waals surface area contributed by atoms with Crippen LogP contribution in [0.3, 0.4) is 0 Å². The molecule has 4 heteroatoms. The van der Waals surface area contributed by atoms with E-state index in [0.717, 1.165) is 5.56 Å². The lowest BCUT2D eigenvalue weighted by Gasteiger charge is -2.56. The largest absolute Gasteiger partial charge is 0.365 e.